The third-order valence-corrected chi connectivity index (χ3v) is 4.45. The van der Waals surface area contributed by atoms with E-state index in [-0.39, 0.29) is 43.7 Å². The van der Waals surface area contributed by atoms with Gasteiger partial charge in [-0.1, -0.05) is 18.2 Å². The number of fused-ring (bicyclic) bond motifs is 1. The van der Waals surface area contributed by atoms with Crippen LogP contribution >= 0.6 is 0 Å². The number of aromatic amines is 1. The minimum atomic E-state index is -0.643. The normalized spacial score (nSPS) is 14.5. The van der Waals surface area contributed by atoms with Gasteiger partial charge in [-0.2, -0.15) is 0 Å². The lowest BCUT2D eigenvalue weighted by Gasteiger charge is -2.34. The minimum Gasteiger partial charge on any atom is -0.346 e. The number of rotatable bonds is 2. The molecule has 8 nitrogen and oxygen atoms in total. The fourth-order valence-corrected chi connectivity index (χ4v) is 3.06. The summed E-state index contributed by atoms with van der Waals surface area (Å²) in [5.41, 5.74) is 0.310. The standard InChI is InChI=1S/C19H22N4O4/c1-12(2)20-17(25)19(27)23-9-7-22(8-10-23)18(26)14-11-13-5-3-4-6-15(13)21-16(14)24/h3-6,11-12H,7-10H2,1-2H3,(H,20,25)(H,21,24). The average molecular weight is 370 g/mol. The molecule has 3 rings (SSSR count). The van der Waals surface area contributed by atoms with E-state index in [1.54, 1.807) is 26.0 Å². The molecular weight excluding hydrogens is 348 g/mol. The highest BCUT2D eigenvalue weighted by Gasteiger charge is 2.29. The Balaban J connectivity index is 1.68. The van der Waals surface area contributed by atoms with Crippen LogP contribution in [-0.2, 0) is 9.59 Å². The molecule has 1 fully saturated rings. The van der Waals surface area contributed by atoms with Crippen molar-refractivity contribution in [2.45, 2.75) is 19.9 Å². The van der Waals surface area contributed by atoms with Crippen molar-refractivity contribution in [3.05, 3.63) is 46.2 Å². The maximum atomic E-state index is 12.7. The number of benzene rings is 1. The Morgan fingerprint density at radius 2 is 1.67 bits per heavy atom. The molecule has 0 atom stereocenters. The monoisotopic (exact) mass is 370 g/mol. The molecule has 1 aliphatic rings. The lowest BCUT2D eigenvalue weighted by molar-refractivity contribution is -0.147. The molecule has 1 saturated heterocycles. The first kappa shape index (κ1) is 18.6. The topological polar surface area (TPSA) is 103 Å². The van der Waals surface area contributed by atoms with Crippen molar-refractivity contribution in [3.63, 3.8) is 0 Å². The lowest BCUT2D eigenvalue weighted by Crippen LogP contribution is -2.54. The predicted molar refractivity (Wildman–Crippen MR) is 100 cm³/mol. The van der Waals surface area contributed by atoms with Gasteiger partial charge in [-0.15, -0.1) is 0 Å². The van der Waals surface area contributed by atoms with Crippen molar-refractivity contribution in [3.8, 4) is 0 Å². The molecular formula is C19H22N4O4. The average Bonchev–Trinajstić information content (AvgIpc) is 2.66. The van der Waals surface area contributed by atoms with Crippen LogP contribution < -0.4 is 10.9 Å². The summed E-state index contributed by atoms with van der Waals surface area (Å²) in [6, 6.07) is 8.71. The molecule has 1 aromatic carbocycles. The second-order valence-electron chi connectivity index (χ2n) is 6.81. The highest BCUT2D eigenvalue weighted by Crippen LogP contribution is 2.13. The Hall–Kier alpha value is -3.16. The van der Waals surface area contributed by atoms with Gasteiger partial charge >= 0.3 is 11.8 Å². The number of carbonyl (C=O) groups excluding carboxylic acids is 3. The molecule has 142 valence electrons. The zero-order valence-corrected chi connectivity index (χ0v) is 15.3. The van der Waals surface area contributed by atoms with E-state index in [9.17, 15) is 19.2 Å². The van der Waals surface area contributed by atoms with Gasteiger partial charge < -0.3 is 20.1 Å². The van der Waals surface area contributed by atoms with E-state index in [4.69, 9.17) is 0 Å². The van der Waals surface area contributed by atoms with Crippen molar-refractivity contribution < 1.29 is 14.4 Å². The first-order chi connectivity index (χ1) is 12.9. The van der Waals surface area contributed by atoms with Gasteiger partial charge in [0.1, 0.15) is 5.56 Å². The summed E-state index contributed by atoms with van der Waals surface area (Å²) in [5, 5.41) is 3.35. The predicted octanol–water partition coefficient (Wildman–Crippen LogP) is 0.337. The fourth-order valence-electron chi connectivity index (χ4n) is 3.06. The number of para-hydroxylation sites is 1. The van der Waals surface area contributed by atoms with Crippen molar-refractivity contribution in [1.82, 2.24) is 20.1 Å². The number of piperazine rings is 1. The summed E-state index contributed by atoms with van der Waals surface area (Å²) in [4.78, 5) is 54.6. The number of hydrogen-bond donors (Lipinski definition) is 2. The van der Waals surface area contributed by atoms with E-state index in [0.29, 0.717) is 5.52 Å². The van der Waals surface area contributed by atoms with Crippen LogP contribution in [0.25, 0.3) is 10.9 Å². The van der Waals surface area contributed by atoms with Crippen molar-refractivity contribution >= 4 is 28.6 Å². The molecule has 0 spiro atoms. The minimum absolute atomic E-state index is 0.0750. The van der Waals surface area contributed by atoms with Crippen LogP contribution in [0.15, 0.2) is 35.1 Å². The Bertz CT molecular complexity index is 942. The van der Waals surface area contributed by atoms with Gasteiger partial charge in [0.05, 0.1) is 0 Å². The van der Waals surface area contributed by atoms with E-state index in [2.05, 4.69) is 10.3 Å². The van der Waals surface area contributed by atoms with Gasteiger partial charge in [0.25, 0.3) is 11.5 Å². The van der Waals surface area contributed by atoms with E-state index in [0.717, 1.165) is 5.39 Å². The van der Waals surface area contributed by atoms with Crippen LogP contribution in [0.5, 0.6) is 0 Å². The number of H-pyrrole nitrogens is 1. The van der Waals surface area contributed by atoms with Gasteiger partial charge in [-0.05, 0) is 31.4 Å². The number of carbonyl (C=O) groups is 3. The lowest BCUT2D eigenvalue weighted by atomic mass is 10.1. The van der Waals surface area contributed by atoms with Crippen LogP contribution in [0.1, 0.15) is 24.2 Å². The third kappa shape index (κ3) is 3.99. The third-order valence-electron chi connectivity index (χ3n) is 4.45. The maximum absolute atomic E-state index is 12.7. The molecule has 3 amide bonds. The molecule has 2 heterocycles. The first-order valence-electron chi connectivity index (χ1n) is 8.88. The number of pyridine rings is 1. The SMILES string of the molecule is CC(C)NC(=O)C(=O)N1CCN(C(=O)c2cc3ccccc3[nH]c2=O)CC1. The number of hydrogen-bond acceptors (Lipinski definition) is 4. The number of nitrogens with zero attached hydrogens (tertiary/aromatic N) is 2. The van der Waals surface area contributed by atoms with Gasteiger partial charge in [-0.3, -0.25) is 19.2 Å². The zero-order valence-electron chi connectivity index (χ0n) is 15.3. The second kappa shape index (κ2) is 7.61. The number of aromatic nitrogens is 1. The molecule has 0 bridgehead atoms. The van der Waals surface area contributed by atoms with E-state index < -0.39 is 17.4 Å². The maximum Gasteiger partial charge on any atom is 0.312 e. The van der Waals surface area contributed by atoms with Crippen LogP contribution in [0.3, 0.4) is 0 Å². The first-order valence-corrected chi connectivity index (χ1v) is 8.88. The summed E-state index contributed by atoms with van der Waals surface area (Å²) >= 11 is 0. The largest absolute Gasteiger partial charge is 0.346 e. The van der Waals surface area contributed by atoms with Crippen molar-refractivity contribution in [1.29, 1.82) is 0 Å². The van der Waals surface area contributed by atoms with Crippen molar-refractivity contribution in [2.75, 3.05) is 26.2 Å². The highest BCUT2D eigenvalue weighted by molar-refractivity contribution is 6.35. The Kier molecular flexibility index (Phi) is 5.25. The molecule has 8 heteroatoms. The van der Waals surface area contributed by atoms with E-state index in [1.807, 2.05) is 18.2 Å². The van der Waals surface area contributed by atoms with Gasteiger partial charge in [0.2, 0.25) is 0 Å². The smallest absolute Gasteiger partial charge is 0.312 e. The molecule has 0 radical (unpaired) electrons. The van der Waals surface area contributed by atoms with Gasteiger partial charge in [0, 0.05) is 37.7 Å². The number of amides is 3. The number of nitrogens with one attached hydrogen (secondary N) is 2. The van der Waals surface area contributed by atoms with E-state index >= 15 is 0 Å². The highest BCUT2D eigenvalue weighted by atomic mass is 16.2. The van der Waals surface area contributed by atoms with Crippen LogP contribution in [0, 0.1) is 0 Å². The summed E-state index contributed by atoms with van der Waals surface area (Å²) in [7, 11) is 0. The van der Waals surface area contributed by atoms with Crippen LogP contribution in [0.2, 0.25) is 0 Å². The van der Waals surface area contributed by atoms with Gasteiger partial charge in [-0.25, -0.2) is 0 Å². The second-order valence-corrected chi connectivity index (χ2v) is 6.81. The zero-order chi connectivity index (χ0) is 19.6. The Morgan fingerprint density at radius 1 is 1.04 bits per heavy atom. The van der Waals surface area contributed by atoms with Crippen LogP contribution in [-0.4, -0.2) is 64.7 Å². The Labute approximate surface area is 156 Å². The molecule has 1 aliphatic heterocycles. The molecule has 0 aliphatic carbocycles. The molecule has 0 unspecified atom stereocenters. The van der Waals surface area contributed by atoms with E-state index in [1.165, 1.54) is 9.80 Å². The molecule has 27 heavy (non-hydrogen) atoms. The molecule has 2 aromatic rings. The Morgan fingerprint density at radius 3 is 2.33 bits per heavy atom. The van der Waals surface area contributed by atoms with Gasteiger partial charge in [0.15, 0.2) is 0 Å². The van der Waals surface area contributed by atoms with Crippen molar-refractivity contribution in [2.24, 2.45) is 0 Å². The molecule has 0 saturated carbocycles. The molecule has 1 aromatic heterocycles. The fraction of sp³-hybridized carbons (Fsp3) is 0.368. The van der Waals surface area contributed by atoms with Crippen LogP contribution in [0.4, 0.5) is 0 Å². The summed E-state index contributed by atoms with van der Waals surface area (Å²) in [6.07, 6.45) is 0. The summed E-state index contributed by atoms with van der Waals surface area (Å²) < 4.78 is 0. The molecule has 2 N–H and O–H groups in total. The summed E-state index contributed by atoms with van der Waals surface area (Å²) in [5.74, 6) is -1.61. The summed E-state index contributed by atoms with van der Waals surface area (Å²) in [6.45, 7) is 4.60. The quantitative estimate of drug-likeness (QED) is 0.744.